The Kier molecular flexibility index (Phi) is 5.92. The second kappa shape index (κ2) is 8.56. The van der Waals surface area contributed by atoms with Gasteiger partial charge in [-0.05, 0) is 12.5 Å². The van der Waals surface area contributed by atoms with E-state index in [0.29, 0.717) is 12.5 Å². The predicted octanol–water partition coefficient (Wildman–Crippen LogP) is 1.54. The Hall–Kier alpha value is -2.25. The van der Waals surface area contributed by atoms with Crippen LogP contribution in [0.1, 0.15) is 11.1 Å². The van der Waals surface area contributed by atoms with Crippen molar-refractivity contribution in [1.82, 2.24) is 20.1 Å². The lowest BCUT2D eigenvalue weighted by atomic mass is 10.1. The van der Waals surface area contributed by atoms with E-state index in [1.165, 1.54) is 11.1 Å². The molecule has 0 bridgehead atoms. The highest BCUT2D eigenvalue weighted by Crippen LogP contribution is 2.08. The van der Waals surface area contributed by atoms with Gasteiger partial charge in [-0.3, -0.25) is 4.90 Å². The number of aromatic nitrogens is 3. The van der Waals surface area contributed by atoms with Crippen LogP contribution in [-0.4, -0.2) is 59.5 Å². The predicted molar refractivity (Wildman–Crippen MR) is 94.1 cm³/mol. The second-order valence-corrected chi connectivity index (χ2v) is 5.89. The quantitative estimate of drug-likeness (QED) is 0.798. The number of anilines is 2. The maximum Gasteiger partial charge on any atom is 0.244 e. The summed E-state index contributed by atoms with van der Waals surface area (Å²) < 4.78 is 5.35. The fourth-order valence-corrected chi connectivity index (χ4v) is 2.63. The van der Waals surface area contributed by atoms with Gasteiger partial charge in [0.15, 0.2) is 5.82 Å². The van der Waals surface area contributed by atoms with Gasteiger partial charge in [0.25, 0.3) is 0 Å². The average Bonchev–Trinajstić information content (AvgIpc) is 2.61. The van der Waals surface area contributed by atoms with Crippen molar-refractivity contribution < 1.29 is 4.74 Å². The molecule has 1 saturated heterocycles. The highest BCUT2D eigenvalue weighted by molar-refractivity contribution is 5.37. The lowest BCUT2D eigenvalue weighted by Gasteiger charge is -2.26. The lowest BCUT2D eigenvalue weighted by Crippen LogP contribution is -2.39. The maximum absolute atomic E-state index is 5.35. The first-order chi connectivity index (χ1) is 11.8. The normalized spacial score (nSPS) is 15.2. The molecule has 1 aliphatic heterocycles. The molecule has 2 heterocycles. The summed E-state index contributed by atoms with van der Waals surface area (Å²) in [6.07, 6.45) is 1.65. The van der Waals surface area contributed by atoms with Crippen LogP contribution in [0.3, 0.4) is 0 Å². The highest BCUT2D eigenvalue weighted by atomic mass is 16.5. The Balaban J connectivity index is 1.46. The van der Waals surface area contributed by atoms with Crippen LogP contribution >= 0.6 is 0 Å². The van der Waals surface area contributed by atoms with Crippen molar-refractivity contribution in [1.29, 1.82) is 0 Å². The summed E-state index contributed by atoms with van der Waals surface area (Å²) >= 11 is 0. The van der Waals surface area contributed by atoms with Gasteiger partial charge in [0.2, 0.25) is 5.95 Å². The zero-order valence-electron chi connectivity index (χ0n) is 14.0. The molecule has 1 aromatic heterocycles. The smallest absolute Gasteiger partial charge is 0.244 e. The summed E-state index contributed by atoms with van der Waals surface area (Å²) in [5.74, 6) is 1.28. The van der Waals surface area contributed by atoms with E-state index in [4.69, 9.17) is 4.74 Å². The Morgan fingerprint density at radius 2 is 2.08 bits per heavy atom. The van der Waals surface area contributed by atoms with Crippen LogP contribution in [0.5, 0.6) is 0 Å². The summed E-state index contributed by atoms with van der Waals surface area (Å²) in [5, 5.41) is 14.6. The minimum absolute atomic E-state index is 0.535. The van der Waals surface area contributed by atoms with E-state index in [1.54, 1.807) is 6.20 Å². The molecular weight excluding hydrogens is 304 g/mol. The van der Waals surface area contributed by atoms with Gasteiger partial charge >= 0.3 is 0 Å². The molecule has 1 fully saturated rings. The summed E-state index contributed by atoms with van der Waals surface area (Å²) in [4.78, 5) is 6.83. The minimum atomic E-state index is 0.535. The van der Waals surface area contributed by atoms with Crippen molar-refractivity contribution in [2.24, 2.45) is 0 Å². The number of rotatable bonds is 7. The Bertz CT molecular complexity index is 644. The summed E-state index contributed by atoms with van der Waals surface area (Å²) in [6.45, 7) is 8.20. The van der Waals surface area contributed by atoms with Crippen LogP contribution in [0.4, 0.5) is 11.8 Å². The van der Waals surface area contributed by atoms with Gasteiger partial charge in [-0.25, -0.2) is 0 Å². The monoisotopic (exact) mass is 328 g/mol. The molecule has 2 N–H and O–H groups in total. The number of ether oxygens (including phenoxy) is 1. The van der Waals surface area contributed by atoms with E-state index in [0.717, 1.165) is 45.2 Å². The number of nitrogens with zero attached hydrogens (tertiary/aromatic N) is 4. The van der Waals surface area contributed by atoms with E-state index < -0.39 is 0 Å². The molecule has 1 aliphatic rings. The molecule has 7 nitrogen and oxygen atoms in total. The number of aryl methyl sites for hydroxylation is 1. The fraction of sp³-hybridized carbons (Fsp3) is 0.471. The van der Waals surface area contributed by atoms with Gasteiger partial charge in [-0.15, -0.1) is 5.10 Å². The Morgan fingerprint density at radius 3 is 2.92 bits per heavy atom. The van der Waals surface area contributed by atoms with Gasteiger partial charge < -0.3 is 15.4 Å². The number of nitrogens with one attached hydrogen (secondary N) is 2. The zero-order chi connectivity index (χ0) is 16.6. The van der Waals surface area contributed by atoms with Crippen molar-refractivity contribution >= 4 is 11.8 Å². The van der Waals surface area contributed by atoms with Gasteiger partial charge in [0.1, 0.15) is 0 Å². The van der Waals surface area contributed by atoms with Gasteiger partial charge in [0.05, 0.1) is 19.4 Å². The SMILES string of the molecule is Cc1cccc(CNc2nncc(NCCN3CCOCC3)n2)c1. The van der Waals surface area contributed by atoms with Crippen molar-refractivity contribution in [2.45, 2.75) is 13.5 Å². The van der Waals surface area contributed by atoms with Crippen LogP contribution in [-0.2, 0) is 11.3 Å². The third-order valence-electron chi connectivity index (χ3n) is 3.93. The number of hydrogen-bond donors (Lipinski definition) is 2. The molecule has 7 heteroatoms. The summed E-state index contributed by atoms with van der Waals surface area (Å²) in [5.41, 5.74) is 2.44. The Labute approximate surface area is 142 Å². The standard InChI is InChI=1S/C17H24N6O/c1-14-3-2-4-15(11-14)12-19-17-21-16(13-20-22-17)18-5-6-23-7-9-24-10-8-23/h2-4,11,13H,5-10,12H2,1H3,(H2,18,19,21,22). The van der Waals surface area contributed by atoms with Crippen molar-refractivity contribution in [3.63, 3.8) is 0 Å². The van der Waals surface area contributed by atoms with Crippen LogP contribution in [0.25, 0.3) is 0 Å². The lowest BCUT2D eigenvalue weighted by molar-refractivity contribution is 0.0398. The molecule has 3 rings (SSSR count). The maximum atomic E-state index is 5.35. The number of benzene rings is 1. The molecule has 24 heavy (non-hydrogen) atoms. The zero-order valence-corrected chi connectivity index (χ0v) is 14.0. The van der Waals surface area contributed by atoms with Crippen molar-refractivity contribution in [2.75, 3.05) is 50.0 Å². The van der Waals surface area contributed by atoms with E-state index >= 15 is 0 Å². The molecule has 0 atom stereocenters. The first kappa shape index (κ1) is 16.6. The van der Waals surface area contributed by atoms with Crippen LogP contribution in [0, 0.1) is 6.92 Å². The molecule has 0 radical (unpaired) electrons. The molecule has 0 amide bonds. The van der Waals surface area contributed by atoms with E-state index in [9.17, 15) is 0 Å². The number of hydrogen-bond acceptors (Lipinski definition) is 7. The largest absolute Gasteiger partial charge is 0.379 e. The first-order valence-corrected chi connectivity index (χ1v) is 8.33. The highest BCUT2D eigenvalue weighted by Gasteiger charge is 2.09. The molecule has 1 aromatic carbocycles. The topological polar surface area (TPSA) is 75.2 Å². The first-order valence-electron chi connectivity index (χ1n) is 8.33. The molecule has 2 aromatic rings. The van der Waals surface area contributed by atoms with Gasteiger partial charge in [0, 0.05) is 32.7 Å². The second-order valence-electron chi connectivity index (χ2n) is 5.89. The summed E-state index contributed by atoms with van der Waals surface area (Å²) in [7, 11) is 0. The van der Waals surface area contributed by atoms with Crippen LogP contribution < -0.4 is 10.6 Å². The van der Waals surface area contributed by atoms with E-state index in [-0.39, 0.29) is 0 Å². The molecule has 0 aliphatic carbocycles. The molecular formula is C17H24N6O. The van der Waals surface area contributed by atoms with Crippen LogP contribution in [0.15, 0.2) is 30.5 Å². The molecule has 0 unspecified atom stereocenters. The van der Waals surface area contributed by atoms with E-state index in [1.807, 2.05) is 0 Å². The third-order valence-corrected chi connectivity index (χ3v) is 3.93. The number of morpholine rings is 1. The van der Waals surface area contributed by atoms with Gasteiger partial charge in [-0.1, -0.05) is 29.8 Å². The molecule has 0 spiro atoms. The minimum Gasteiger partial charge on any atom is -0.379 e. The average molecular weight is 328 g/mol. The van der Waals surface area contributed by atoms with Crippen LogP contribution in [0.2, 0.25) is 0 Å². The fourth-order valence-electron chi connectivity index (χ4n) is 2.63. The Morgan fingerprint density at radius 1 is 1.21 bits per heavy atom. The third kappa shape index (κ3) is 5.14. The summed E-state index contributed by atoms with van der Waals surface area (Å²) in [6, 6.07) is 8.36. The van der Waals surface area contributed by atoms with E-state index in [2.05, 4.69) is 61.9 Å². The molecule has 0 saturated carbocycles. The van der Waals surface area contributed by atoms with Gasteiger partial charge in [-0.2, -0.15) is 10.1 Å². The molecule has 128 valence electrons. The van der Waals surface area contributed by atoms with Crippen molar-refractivity contribution in [3.05, 3.63) is 41.6 Å². The van der Waals surface area contributed by atoms with Crippen molar-refractivity contribution in [3.8, 4) is 0 Å².